The molecule has 1 amide bonds. The number of aryl methyl sites for hydroxylation is 1. The van der Waals surface area contributed by atoms with Crippen LogP contribution in [0.4, 0.5) is 21.0 Å². The number of imidazole rings is 1. The molecule has 2 aliphatic rings. The quantitative estimate of drug-likeness (QED) is 0.365. The van der Waals surface area contributed by atoms with Gasteiger partial charge in [0.1, 0.15) is 17.9 Å². The molecule has 0 unspecified atom stereocenters. The van der Waals surface area contributed by atoms with Gasteiger partial charge in [-0.3, -0.25) is 14.5 Å². The number of hydrogen-bond donors (Lipinski definition) is 3. The summed E-state index contributed by atoms with van der Waals surface area (Å²) in [5.41, 5.74) is 3.40. The topological polar surface area (TPSA) is 122 Å². The first kappa shape index (κ1) is 22.4. The first-order valence-corrected chi connectivity index (χ1v) is 12.1. The van der Waals surface area contributed by atoms with Crippen molar-refractivity contribution in [2.24, 2.45) is 0 Å². The SMILES string of the molecule is Cc1cn2c(Nc3cc([C@H]4CC[C@@H](OC(=O)NC5(C)CC5)[C@@H]4F)[nH]n3)nc(-c3ccccn3)cc2n1. The van der Waals surface area contributed by atoms with Crippen LogP contribution in [0.25, 0.3) is 17.0 Å². The van der Waals surface area contributed by atoms with Gasteiger partial charge in [-0.15, -0.1) is 0 Å². The molecule has 4 aromatic heterocycles. The van der Waals surface area contributed by atoms with Crippen LogP contribution in [0.5, 0.6) is 0 Å². The number of alkyl carbamates (subject to hydrolysis) is 1. The van der Waals surface area contributed by atoms with E-state index in [1.165, 1.54) is 0 Å². The average Bonchev–Trinajstić information content (AvgIpc) is 3.18. The van der Waals surface area contributed by atoms with Crippen LogP contribution >= 0.6 is 0 Å². The Morgan fingerprint density at radius 2 is 2.08 bits per heavy atom. The molecule has 11 heteroatoms. The standard InChI is InChI=1S/C25H27FN8O2/c1-14-13-34-21(28-14)12-18(16-5-3-4-10-27-16)29-23(34)30-20-11-17(32-33-20)15-6-7-19(22(15)26)36-24(35)31-25(2)8-9-25/h3-5,10-13,15,19,22H,6-9H2,1-2H3,(H,31,35)(H2,29,30,32,33)/t15-,19-,22-/m1/s1. The van der Waals surface area contributed by atoms with Crippen molar-refractivity contribution in [2.75, 3.05) is 5.32 Å². The summed E-state index contributed by atoms with van der Waals surface area (Å²) in [4.78, 5) is 25.8. The van der Waals surface area contributed by atoms with Crippen molar-refractivity contribution < 1.29 is 13.9 Å². The molecule has 3 N–H and O–H groups in total. The van der Waals surface area contributed by atoms with E-state index in [0.29, 0.717) is 36.0 Å². The molecule has 2 saturated carbocycles. The minimum Gasteiger partial charge on any atom is -0.443 e. The third-order valence-electron chi connectivity index (χ3n) is 6.90. The first-order chi connectivity index (χ1) is 17.4. The second-order valence-electron chi connectivity index (χ2n) is 9.88. The van der Waals surface area contributed by atoms with E-state index < -0.39 is 24.3 Å². The number of aromatic nitrogens is 6. The van der Waals surface area contributed by atoms with E-state index in [1.807, 2.05) is 48.7 Å². The molecule has 4 heterocycles. The molecular weight excluding hydrogens is 463 g/mol. The van der Waals surface area contributed by atoms with Crippen LogP contribution < -0.4 is 10.6 Å². The van der Waals surface area contributed by atoms with Crippen LogP contribution in [0, 0.1) is 6.92 Å². The highest BCUT2D eigenvalue weighted by Crippen LogP contribution is 2.39. The van der Waals surface area contributed by atoms with E-state index in [2.05, 4.69) is 30.8 Å². The average molecular weight is 491 g/mol. The van der Waals surface area contributed by atoms with Gasteiger partial charge in [0.05, 0.1) is 17.1 Å². The van der Waals surface area contributed by atoms with Crippen molar-refractivity contribution >= 4 is 23.5 Å². The number of rotatable bonds is 6. The van der Waals surface area contributed by atoms with Crippen LogP contribution in [-0.4, -0.2) is 53.5 Å². The van der Waals surface area contributed by atoms with Gasteiger partial charge in [-0.05, 0) is 51.7 Å². The van der Waals surface area contributed by atoms with E-state index in [4.69, 9.17) is 9.72 Å². The van der Waals surface area contributed by atoms with Crippen molar-refractivity contribution in [2.45, 2.75) is 63.3 Å². The number of alkyl halides is 1. The summed E-state index contributed by atoms with van der Waals surface area (Å²) in [6.45, 7) is 3.87. The van der Waals surface area contributed by atoms with Crippen molar-refractivity contribution in [1.29, 1.82) is 0 Å². The van der Waals surface area contributed by atoms with Crippen LogP contribution in [0.15, 0.2) is 42.7 Å². The molecule has 36 heavy (non-hydrogen) atoms. The number of hydrogen-bond acceptors (Lipinski definition) is 7. The summed E-state index contributed by atoms with van der Waals surface area (Å²) in [7, 11) is 0. The zero-order valence-corrected chi connectivity index (χ0v) is 20.0. The fraction of sp³-hybridized carbons (Fsp3) is 0.400. The number of carbonyl (C=O) groups excluding carboxylic acids is 1. The van der Waals surface area contributed by atoms with Crippen molar-refractivity contribution in [3.63, 3.8) is 0 Å². The molecule has 0 saturated heterocycles. The number of nitrogens with zero attached hydrogens (tertiary/aromatic N) is 5. The molecule has 10 nitrogen and oxygen atoms in total. The van der Waals surface area contributed by atoms with Gasteiger partial charge in [0, 0.05) is 41.7 Å². The maximum Gasteiger partial charge on any atom is 0.407 e. The number of aromatic amines is 1. The van der Waals surface area contributed by atoms with Crippen molar-refractivity contribution in [3.05, 3.63) is 54.1 Å². The molecule has 0 bridgehead atoms. The molecule has 0 spiro atoms. The zero-order valence-electron chi connectivity index (χ0n) is 20.0. The lowest BCUT2D eigenvalue weighted by Crippen LogP contribution is -2.38. The summed E-state index contributed by atoms with van der Waals surface area (Å²) >= 11 is 0. The van der Waals surface area contributed by atoms with E-state index in [9.17, 15) is 4.79 Å². The molecule has 186 valence electrons. The highest BCUT2D eigenvalue weighted by molar-refractivity contribution is 5.69. The fourth-order valence-corrected chi connectivity index (χ4v) is 4.65. The lowest BCUT2D eigenvalue weighted by Gasteiger charge is -2.19. The summed E-state index contributed by atoms with van der Waals surface area (Å²) in [5, 5.41) is 13.3. The smallest absolute Gasteiger partial charge is 0.407 e. The maximum atomic E-state index is 15.2. The minimum absolute atomic E-state index is 0.202. The van der Waals surface area contributed by atoms with Crippen LogP contribution in [-0.2, 0) is 4.74 Å². The van der Waals surface area contributed by atoms with Crippen LogP contribution in [0.1, 0.15) is 49.9 Å². The van der Waals surface area contributed by atoms with Gasteiger partial charge in [0.25, 0.3) is 0 Å². The van der Waals surface area contributed by atoms with Crippen molar-refractivity contribution in [1.82, 2.24) is 34.9 Å². The van der Waals surface area contributed by atoms with Crippen molar-refractivity contribution in [3.8, 4) is 11.4 Å². The highest BCUT2D eigenvalue weighted by atomic mass is 19.1. The molecule has 3 atom stereocenters. The Balaban J connectivity index is 1.20. The second-order valence-corrected chi connectivity index (χ2v) is 9.88. The third-order valence-corrected chi connectivity index (χ3v) is 6.90. The number of ether oxygens (including phenoxy) is 1. The Bertz CT molecular complexity index is 1410. The molecular formula is C25H27FN8O2. The molecule has 0 radical (unpaired) electrons. The predicted octanol–water partition coefficient (Wildman–Crippen LogP) is 4.43. The molecule has 6 rings (SSSR count). The largest absolute Gasteiger partial charge is 0.443 e. The van der Waals surface area contributed by atoms with Gasteiger partial charge in [0.15, 0.2) is 5.82 Å². The zero-order chi connectivity index (χ0) is 24.9. The number of H-pyrrole nitrogens is 1. The highest BCUT2D eigenvalue weighted by Gasteiger charge is 2.43. The summed E-state index contributed by atoms with van der Waals surface area (Å²) in [6, 6.07) is 9.29. The van der Waals surface area contributed by atoms with Gasteiger partial charge < -0.3 is 15.4 Å². The van der Waals surface area contributed by atoms with Gasteiger partial charge in [0.2, 0.25) is 5.95 Å². The number of nitrogens with one attached hydrogen (secondary N) is 3. The Hall–Kier alpha value is -4.02. The molecule has 0 aliphatic heterocycles. The van der Waals surface area contributed by atoms with Crippen LogP contribution in [0.3, 0.4) is 0 Å². The van der Waals surface area contributed by atoms with E-state index in [0.717, 1.165) is 29.9 Å². The number of fused-ring (bicyclic) bond motifs is 1. The maximum absolute atomic E-state index is 15.2. The normalized spacial score (nSPS) is 22.5. The van der Waals surface area contributed by atoms with Gasteiger partial charge in [-0.1, -0.05) is 6.07 Å². The number of amides is 1. The predicted molar refractivity (Wildman–Crippen MR) is 131 cm³/mol. The van der Waals surface area contributed by atoms with Crippen LogP contribution in [0.2, 0.25) is 0 Å². The lowest BCUT2D eigenvalue weighted by molar-refractivity contribution is 0.0546. The number of pyridine rings is 1. The molecule has 2 fully saturated rings. The van der Waals surface area contributed by atoms with Gasteiger partial charge in [-0.25, -0.2) is 19.2 Å². The van der Waals surface area contributed by atoms with E-state index >= 15 is 4.39 Å². The number of carbonyl (C=O) groups is 1. The van der Waals surface area contributed by atoms with Gasteiger partial charge in [-0.2, -0.15) is 5.10 Å². The lowest BCUT2D eigenvalue weighted by atomic mass is 10.0. The fourth-order valence-electron chi connectivity index (χ4n) is 4.65. The Morgan fingerprint density at radius 1 is 1.22 bits per heavy atom. The van der Waals surface area contributed by atoms with Gasteiger partial charge >= 0.3 is 6.09 Å². The first-order valence-electron chi connectivity index (χ1n) is 12.1. The summed E-state index contributed by atoms with van der Waals surface area (Å²) in [5.74, 6) is 0.575. The minimum atomic E-state index is -1.32. The third kappa shape index (κ3) is 4.36. The number of anilines is 2. The molecule has 0 aromatic carbocycles. The molecule has 4 aromatic rings. The van der Waals surface area contributed by atoms with E-state index in [-0.39, 0.29) is 5.54 Å². The Morgan fingerprint density at radius 3 is 2.86 bits per heavy atom. The Kier molecular flexibility index (Phi) is 5.35. The second kappa shape index (κ2) is 8.58. The summed E-state index contributed by atoms with van der Waals surface area (Å²) < 4.78 is 22.5. The summed E-state index contributed by atoms with van der Waals surface area (Å²) in [6.07, 6.45) is 3.81. The van der Waals surface area contributed by atoms with E-state index in [1.54, 1.807) is 12.3 Å². The Labute approximate surface area is 206 Å². The number of halogens is 1. The molecule has 2 aliphatic carbocycles. The monoisotopic (exact) mass is 490 g/mol.